The summed E-state index contributed by atoms with van der Waals surface area (Å²) in [6.45, 7) is 19.1. The van der Waals surface area contributed by atoms with Crippen LogP contribution in [-0.4, -0.2) is 59.0 Å². The number of fused-ring (bicyclic) bond motifs is 1. The Balaban J connectivity index is 1.47. The SMILES string of the molecule is C=CC[C@H](CNC(=O)[C@H](CC(N)=O)NC(=O)C1(NC(=O)[C@@H](N)[C@H](C=C)c2ccc(CP(=O)(OC(C)(C)C)OC(C)(C)C)cc2)CCCCC1)Cc1cccc2ccccc12. The molecule has 1 saturated carbocycles. The summed E-state index contributed by atoms with van der Waals surface area (Å²) in [5, 5.41) is 10.9. The maximum atomic E-state index is 14.2. The van der Waals surface area contributed by atoms with E-state index in [1.54, 1.807) is 30.3 Å². The summed E-state index contributed by atoms with van der Waals surface area (Å²) in [4.78, 5) is 54.2. The van der Waals surface area contributed by atoms with Gasteiger partial charge in [0.1, 0.15) is 11.6 Å². The van der Waals surface area contributed by atoms with Crippen LogP contribution in [0, 0.1) is 5.92 Å². The number of rotatable bonds is 20. The van der Waals surface area contributed by atoms with E-state index in [1.165, 1.54) is 0 Å². The van der Waals surface area contributed by atoms with Crippen molar-refractivity contribution in [3.63, 3.8) is 0 Å². The number of hydrogen-bond donors (Lipinski definition) is 5. The Bertz CT molecular complexity index is 2010. The number of nitrogens with one attached hydrogen (secondary N) is 3. The van der Waals surface area contributed by atoms with E-state index in [1.807, 2.05) is 65.8 Å². The minimum absolute atomic E-state index is 0.00616. The van der Waals surface area contributed by atoms with Gasteiger partial charge in [-0.25, -0.2) is 0 Å². The molecule has 60 heavy (non-hydrogen) atoms. The zero-order valence-electron chi connectivity index (χ0n) is 36.3. The highest BCUT2D eigenvalue weighted by Crippen LogP contribution is 2.57. The van der Waals surface area contributed by atoms with Gasteiger partial charge in [-0.2, -0.15) is 0 Å². The predicted octanol–water partition coefficient (Wildman–Crippen LogP) is 7.49. The summed E-state index contributed by atoms with van der Waals surface area (Å²) in [5.74, 6) is -3.11. The van der Waals surface area contributed by atoms with E-state index in [0.717, 1.165) is 22.8 Å². The van der Waals surface area contributed by atoms with Crippen LogP contribution in [0.5, 0.6) is 0 Å². The van der Waals surface area contributed by atoms with Crippen molar-refractivity contribution in [1.82, 2.24) is 16.0 Å². The van der Waals surface area contributed by atoms with Crippen molar-refractivity contribution < 1.29 is 32.8 Å². The first-order valence-corrected chi connectivity index (χ1v) is 22.6. The van der Waals surface area contributed by atoms with Gasteiger partial charge in [0.05, 0.1) is 29.8 Å². The third-order valence-corrected chi connectivity index (χ3v) is 12.9. The molecule has 4 rings (SSSR count). The number of primary amides is 1. The number of carbonyl (C=O) groups excluding carboxylic acids is 4. The molecule has 4 amide bonds. The zero-order chi connectivity index (χ0) is 44.3. The number of carbonyl (C=O) groups is 4. The molecular formula is C47H66N5O7P. The summed E-state index contributed by atoms with van der Waals surface area (Å²) in [6.07, 6.45) is 7.10. The highest BCUT2D eigenvalue weighted by molar-refractivity contribution is 7.53. The Kier molecular flexibility index (Phi) is 16.6. The van der Waals surface area contributed by atoms with Crippen LogP contribution in [0.2, 0.25) is 0 Å². The van der Waals surface area contributed by atoms with Gasteiger partial charge in [0.2, 0.25) is 23.6 Å². The molecule has 326 valence electrons. The molecule has 12 nitrogen and oxygen atoms in total. The van der Waals surface area contributed by atoms with Crippen LogP contribution in [-0.2, 0) is 45.4 Å². The monoisotopic (exact) mass is 843 g/mol. The molecule has 3 aromatic rings. The summed E-state index contributed by atoms with van der Waals surface area (Å²) in [7, 11) is -3.56. The second-order valence-electron chi connectivity index (χ2n) is 18.0. The molecule has 0 radical (unpaired) electrons. The molecule has 3 aromatic carbocycles. The fourth-order valence-corrected chi connectivity index (χ4v) is 10.3. The smallest absolute Gasteiger partial charge is 0.336 e. The van der Waals surface area contributed by atoms with Gasteiger partial charge in [0.15, 0.2) is 0 Å². The molecule has 7 N–H and O–H groups in total. The molecule has 0 aromatic heterocycles. The van der Waals surface area contributed by atoms with Crippen LogP contribution in [0.4, 0.5) is 0 Å². The molecule has 0 saturated heterocycles. The maximum Gasteiger partial charge on any atom is 0.336 e. The molecule has 4 atom stereocenters. The van der Waals surface area contributed by atoms with Crippen LogP contribution < -0.4 is 27.4 Å². The van der Waals surface area contributed by atoms with Crippen molar-refractivity contribution in [1.29, 1.82) is 0 Å². The first kappa shape index (κ1) is 48.1. The largest absolute Gasteiger partial charge is 0.370 e. The standard InChI is InChI=1S/C47H66N5O7P/c1-9-17-33(28-36-20-16-19-34-18-12-13-21-38(34)36)30-50-42(54)39(29-40(48)53)51-44(56)47(26-14-11-15-27-47)52-43(55)41(49)37(10-2)35-24-22-32(23-25-35)31-60(57,58-45(3,4)5)59-46(6,7)8/h9-10,12-13,16,18-25,33,37,39,41H,1-2,11,14-15,17,26-31,49H2,3-8H3,(H2,48,53)(H,50,54)(H,51,56)(H,52,55)/t33-,37+,39-,41-/m0/s1. The molecular weight excluding hydrogens is 778 g/mol. The Morgan fingerprint density at radius 1 is 0.867 bits per heavy atom. The van der Waals surface area contributed by atoms with Crippen LogP contribution in [0.25, 0.3) is 10.8 Å². The van der Waals surface area contributed by atoms with E-state index in [0.29, 0.717) is 49.7 Å². The Morgan fingerprint density at radius 2 is 1.48 bits per heavy atom. The number of nitrogens with two attached hydrogens (primary N) is 2. The average Bonchev–Trinajstić information content (AvgIpc) is 3.16. The quantitative estimate of drug-likeness (QED) is 0.0571. The second kappa shape index (κ2) is 20.8. The van der Waals surface area contributed by atoms with Crippen LogP contribution in [0.15, 0.2) is 92.0 Å². The Hall–Kier alpha value is -4.61. The fraction of sp³-hybridized carbons (Fsp3) is 0.489. The lowest BCUT2D eigenvalue weighted by molar-refractivity contribution is -0.138. The summed E-state index contributed by atoms with van der Waals surface area (Å²) in [6, 6.07) is 19.1. The van der Waals surface area contributed by atoms with E-state index in [2.05, 4.69) is 53.4 Å². The average molecular weight is 844 g/mol. The molecule has 13 heteroatoms. The van der Waals surface area contributed by atoms with Crippen LogP contribution >= 0.6 is 7.60 Å². The minimum Gasteiger partial charge on any atom is -0.370 e. The van der Waals surface area contributed by atoms with Crippen LogP contribution in [0.1, 0.15) is 109 Å². The summed E-state index contributed by atoms with van der Waals surface area (Å²) in [5.41, 5.74) is 12.0. The van der Waals surface area contributed by atoms with Gasteiger partial charge >= 0.3 is 7.60 Å². The van der Waals surface area contributed by atoms with Gasteiger partial charge in [0, 0.05) is 12.5 Å². The van der Waals surface area contributed by atoms with Crippen molar-refractivity contribution in [3.05, 3.63) is 109 Å². The molecule has 1 aliphatic carbocycles. The lowest BCUT2D eigenvalue weighted by atomic mass is 9.79. The first-order chi connectivity index (χ1) is 28.2. The first-order valence-electron chi connectivity index (χ1n) is 20.9. The third-order valence-electron chi connectivity index (χ3n) is 10.5. The van der Waals surface area contributed by atoms with E-state index in [9.17, 15) is 23.7 Å². The van der Waals surface area contributed by atoms with E-state index in [4.69, 9.17) is 20.5 Å². The Morgan fingerprint density at radius 3 is 2.07 bits per heavy atom. The molecule has 1 fully saturated rings. The molecule has 0 unspecified atom stereocenters. The summed E-state index contributed by atoms with van der Waals surface area (Å²) >= 11 is 0. The van der Waals surface area contributed by atoms with Crippen molar-refractivity contribution >= 4 is 42.0 Å². The molecule has 0 spiro atoms. The summed E-state index contributed by atoms with van der Waals surface area (Å²) < 4.78 is 25.8. The lowest BCUT2D eigenvalue weighted by Gasteiger charge is -2.38. The van der Waals surface area contributed by atoms with E-state index >= 15 is 0 Å². The van der Waals surface area contributed by atoms with Gasteiger partial charge in [-0.05, 0) is 101 Å². The van der Waals surface area contributed by atoms with Crippen molar-refractivity contribution in [3.8, 4) is 0 Å². The van der Waals surface area contributed by atoms with Gasteiger partial charge < -0.3 is 36.5 Å². The highest BCUT2D eigenvalue weighted by atomic mass is 31.2. The topological polar surface area (TPSA) is 192 Å². The van der Waals surface area contributed by atoms with E-state index < -0.39 is 72.4 Å². The van der Waals surface area contributed by atoms with Gasteiger partial charge in [-0.1, -0.05) is 98.1 Å². The fourth-order valence-electron chi connectivity index (χ4n) is 7.85. The molecule has 0 bridgehead atoms. The van der Waals surface area contributed by atoms with E-state index in [-0.39, 0.29) is 18.6 Å². The Labute approximate surface area is 356 Å². The van der Waals surface area contributed by atoms with Crippen LogP contribution in [0.3, 0.4) is 0 Å². The van der Waals surface area contributed by atoms with Gasteiger partial charge in [-0.15, -0.1) is 13.2 Å². The minimum atomic E-state index is -3.56. The number of allylic oxidation sites excluding steroid dienone is 1. The normalized spacial score (nSPS) is 16.4. The number of benzene rings is 3. The van der Waals surface area contributed by atoms with Gasteiger partial charge in [-0.3, -0.25) is 23.7 Å². The van der Waals surface area contributed by atoms with Gasteiger partial charge in [0.25, 0.3) is 0 Å². The van der Waals surface area contributed by atoms with Crippen molar-refractivity contribution in [2.24, 2.45) is 17.4 Å². The predicted molar refractivity (Wildman–Crippen MR) is 239 cm³/mol. The lowest BCUT2D eigenvalue weighted by Crippen LogP contribution is -2.65. The molecule has 0 heterocycles. The third kappa shape index (κ3) is 14.0. The van der Waals surface area contributed by atoms with Crippen molar-refractivity contribution in [2.45, 2.75) is 134 Å². The number of amides is 4. The zero-order valence-corrected chi connectivity index (χ0v) is 37.2. The van der Waals surface area contributed by atoms with Crippen molar-refractivity contribution in [2.75, 3.05) is 6.54 Å². The molecule has 1 aliphatic rings. The second-order valence-corrected chi connectivity index (χ2v) is 19.9. The molecule has 0 aliphatic heterocycles. The number of hydrogen-bond acceptors (Lipinski definition) is 8. The highest BCUT2D eigenvalue weighted by Gasteiger charge is 2.44. The maximum absolute atomic E-state index is 14.2.